The van der Waals surface area contributed by atoms with E-state index in [9.17, 15) is 0 Å². The van der Waals surface area contributed by atoms with Crippen molar-refractivity contribution in [2.45, 2.75) is 6.61 Å². The number of rotatable bonds is 0. The fraction of sp³-hybridized carbons (Fsp3) is 0.250. The smallest absolute Gasteiger partial charge is 0.164 e. The van der Waals surface area contributed by atoms with E-state index in [0.717, 1.165) is 11.4 Å². The Morgan fingerprint density at radius 2 is 2.86 bits per heavy atom. The number of aromatic amines is 1. The largest absolute Gasteiger partial charge is 0.483 e. The average Bonchev–Trinajstić information content (AvgIpc) is 1.85. The van der Waals surface area contributed by atoms with Crippen molar-refractivity contribution in [3.05, 3.63) is 11.9 Å². The molecular weight excluding hydrogens is 92.1 g/mol. The Bertz CT molecular complexity index is 163. The second kappa shape index (κ2) is 0.804. The van der Waals surface area contributed by atoms with E-state index in [0.29, 0.717) is 6.61 Å². The second-order valence-corrected chi connectivity index (χ2v) is 1.50. The SMILES string of the molecule is c1n[nH]c2c1OC2. The maximum atomic E-state index is 4.92. The number of H-pyrrole nitrogens is 1. The molecule has 2 rings (SSSR count). The van der Waals surface area contributed by atoms with Crippen molar-refractivity contribution in [2.75, 3.05) is 0 Å². The minimum absolute atomic E-state index is 0.704. The molecular formula is C4H4N2O. The van der Waals surface area contributed by atoms with E-state index in [2.05, 4.69) is 10.2 Å². The summed E-state index contributed by atoms with van der Waals surface area (Å²) in [6.07, 6.45) is 1.68. The molecule has 7 heavy (non-hydrogen) atoms. The minimum atomic E-state index is 0.704. The predicted octanol–water partition coefficient (Wildman–Crippen LogP) is 0.302. The lowest BCUT2D eigenvalue weighted by Crippen LogP contribution is -2.06. The van der Waals surface area contributed by atoms with E-state index < -0.39 is 0 Å². The normalized spacial score (nSPS) is 14.3. The Labute approximate surface area is 40.3 Å². The molecule has 0 saturated carbocycles. The topological polar surface area (TPSA) is 37.9 Å². The highest BCUT2D eigenvalue weighted by Crippen LogP contribution is 2.24. The third kappa shape index (κ3) is 0.231. The highest BCUT2D eigenvalue weighted by Gasteiger charge is 2.14. The van der Waals surface area contributed by atoms with Crippen LogP contribution < -0.4 is 4.74 Å². The van der Waals surface area contributed by atoms with Crippen molar-refractivity contribution in [3.8, 4) is 5.75 Å². The average molecular weight is 96.1 g/mol. The summed E-state index contributed by atoms with van der Waals surface area (Å²) in [5.74, 6) is 0.903. The van der Waals surface area contributed by atoms with Crippen LogP contribution in [0.4, 0.5) is 0 Å². The standard InChI is InChI=1S/C4H4N2O/c1-4-3(2-7-4)6-5-1/h1H,2H2,(H,5,6). The summed E-state index contributed by atoms with van der Waals surface area (Å²) in [4.78, 5) is 0. The Kier molecular flexibility index (Phi) is 0.353. The van der Waals surface area contributed by atoms with Crippen molar-refractivity contribution in [1.29, 1.82) is 0 Å². The third-order valence-electron chi connectivity index (χ3n) is 1.05. The summed E-state index contributed by atoms with van der Waals surface area (Å²) < 4.78 is 4.92. The van der Waals surface area contributed by atoms with Gasteiger partial charge in [0.2, 0.25) is 0 Å². The minimum Gasteiger partial charge on any atom is -0.483 e. The lowest BCUT2D eigenvalue weighted by atomic mass is 10.3. The van der Waals surface area contributed by atoms with E-state index in [4.69, 9.17) is 4.74 Å². The quantitative estimate of drug-likeness (QED) is 0.504. The van der Waals surface area contributed by atoms with Crippen LogP contribution in [0.25, 0.3) is 0 Å². The molecule has 0 unspecified atom stereocenters. The monoisotopic (exact) mass is 96.0 g/mol. The Balaban J connectivity index is 2.69. The van der Waals surface area contributed by atoms with Crippen LogP contribution in [0.15, 0.2) is 6.20 Å². The number of ether oxygens (including phenoxy) is 1. The van der Waals surface area contributed by atoms with E-state index in [-0.39, 0.29) is 0 Å². The van der Waals surface area contributed by atoms with Gasteiger partial charge in [-0.15, -0.1) is 0 Å². The van der Waals surface area contributed by atoms with Gasteiger partial charge in [-0.2, -0.15) is 5.10 Å². The van der Waals surface area contributed by atoms with Gasteiger partial charge in [-0.3, -0.25) is 5.10 Å². The number of hydrogen-bond acceptors (Lipinski definition) is 2. The van der Waals surface area contributed by atoms with Gasteiger partial charge in [0.25, 0.3) is 0 Å². The molecule has 0 bridgehead atoms. The maximum absolute atomic E-state index is 4.92. The summed E-state index contributed by atoms with van der Waals surface area (Å²) in [7, 11) is 0. The molecule has 0 radical (unpaired) electrons. The summed E-state index contributed by atoms with van der Waals surface area (Å²) in [6, 6.07) is 0. The zero-order valence-corrected chi connectivity index (χ0v) is 3.64. The number of hydrogen-bond donors (Lipinski definition) is 1. The molecule has 0 spiro atoms. The van der Waals surface area contributed by atoms with Gasteiger partial charge in [0.15, 0.2) is 5.75 Å². The summed E-state index contributed by atoms with van der Waals surface area (Å²) in [5, 5.41) is 6.51. The highest BCUT2D eigenvalue weighted by atomic mass is 16.5. The fourth-order valence-corrected chi connectivity index (χ4v) is 0.599. The van der Waals surface area contributed by atoms with Gasteiger partial charge in [-0.25, -0.2) is 0 Å². The lowest BCUT2D eigenvalue weighted by Gasteiger charge is -2.11. The molecule has 36 valence electrons. The van der Waals surface area contributed by atoms with Gasteiger partial charge in [0.05, 0.1) is 6.20 Å². The van der Waals surface area contributed by atoms with E-state index in [1.54, 1.807) is 6.20 Å². The second-order valence-electron chi connectivity index (χ2n) is 1.50. The number of aromatic nitrogens is 2. The third-order valence-corrected chi connectivity index (χ3v) is 1.05. The first-order valence-electron chi connectivity index (χ1n) is 2.12. The van der Waals surface area contributed by atoms with Gasteiger partial charge in [-0.05, 0) is 0 Å². The molecule has 0 saturated heterocycles. The van der Waals surface area contributed by atoms with Crippen LogP contribution in [-0.2, 0) is 6.61 Å². The molecule has 1 aromatic heterocycles. The van der Waals surface area contributed by atoms with Gasteiger partial charge in [0, 0.05) is 0 Å². The van der Waals surface area contributed by atoms with E-state index >= 15 is 0 Å². The molecule has 1 N–H and O–H groups in total. The van der Waals surface area contributed by atoms with Crippen LogP contribution in [0.1, 0.15) is 5.69 Å². The first kappa shape index (κ1) is 3.07. The van der Waals surface area contributed by atoms with Gasteiger partial charge in [0.1, 0.15) is 12.3 Å². The number of nitrogens with one attached hydrogen (secondary N) is 1. The molecule has 0 aliphatic carbocycles. The van der Waals surface area contributed by atoms with Crippen LogP contribution in [-0.4, -0.2) is 10.2 Å². The van der Waals surface area contributed by atoms with Gasteiger partial charge < -0.3 is 4.74 Å². The van der Waals surface area contributed by atoms with Crippen LogP contribution in [0.3, 0.4) is 0 Å². The van der Waals surface area contributed by atoms with Crippen LogP contribution >= 0.6 is 0 Å². The van der Waals surface area contributed by atoms with Crippen molar-refractivity contribution < 1.29 is 4.74 Å². The first-order valence-corrected chi connectivity index (χ1v) is 2.12. The van der Waals surface area contributed by atoms with Crippen molar-refractivity contribution in [1.82, 2.24) is 10.2 Å². The van der Waals surface area contributed by atoms with E-state index in [1.807, 2.05) is 0 Å². The molecule has 1 aromatic rings. The van der Waals surface area contributed by atoms with Crippen molar-refractivity contribution in [3.63, 3.8) is 0 Å². The first-order chi connectivity index (χ1) is 3.47. The summed E-state index contributed by atoms with van der Waals surface area (Å²) >= 11 is 0. The van der Waals surface area contributed by atoms with Crippen LogP contribution in [0.5, 0.6) is 5.75 Å². The van der Waals surface area contributed by atoms with Crippen molar-refractivity contribution in [2.24, 2.45) is 0 Å². The zero-order valence-electron chi connectivity index (χ0n) is 3.64. The molecule has 2 heterocycles. The zero-order chi connectivity index (χ0) is 4.69. The molecule has 1 aliphatic heterocycles. The fourth-order valence-electron chi connectivity index (χ4n) is 0.599. The molecule has 0 atom stereocenters. The van der Waals surface area contributed by atoms with Crippen LogP contribution in [0.2, 0.25) is 0 Å². The van der Waals surface area contributed by atoms with Crippen molar-refractivity contribution >= 4 is 0 Å². The maximum Gasteiger partial charge on any atom is 0.164 e. The van der Waals surface area contributed by atoms with Gasteiger partial charge >= 0.3 is 0 Å². The Morgan fingerprint density at radius 3 is 3.14 bits per heavy atom. The summed E-state index contributed by atoms with van der Waals surface area (Å²) in [6.45, 7) is 0.704. The lowest BCUT2D eigenvalue weighted by molar-refractivity contribution is 0.239. The molecule has 3 nitrogen and oxygen atoms in total. The number of nitrogens with zero attached hydrogens (tertiary/aromatic N) is 1. The Hall–Kier alpha value is -0.990. The molecule has 3 heteroatoms. The highest BCUT2D eigenvalue weighted by molar-refractivity contribution is 5.29. The number of fused-ring (bicyclic) bond motifs is 1. The molecule has 0 aromatic carbocycles. The predicted molar refractivity (Wildman–Crippen MR) is 22.9 cm³/mol. The Morgan fingerprint density at radius 1 is 1.86 bits per heavy atom. The molecule has 0 fully saturated rings. The van der Waals surface area contributed by atoms with Crippen LogP contribution in [0, 0.1) is 0 Å². The molecule has 0 amide bonds. The van der Waals surface area contributed by atoms with E-state index in [1.165, 1.54) is 0 Å². The molecule has 1 aliphatic rings. The summed E-state index contributed by atoms with van der Waals surface area (Å²) in [5.41, 5.74) is 1.11. The van der Waals surface area contributed by atoms with Gasteiger partial charge in [-0.1, -0.05) is 0 Å².